The lowest BCUT2D eigenvalue weighted by atomic mass is 9.50. The second-order valence-corrected chi connectivity index (χ2v) is 10.2. The van der Waals surface area contributed by atoms with Gasteiger partial charge in [-0.2, -0.15) is 4.89 Å². The Hall–Kier alpha value is -0.105. The molecule has 1 aliphatic heterocycles. The smallest absolute Gasteiger partial charge is 0.427 e. The summed E-state index contributed by atoms with van der Waals surface area (Å²) in [7, 11) is 0.330. The lowest BCUT2D eigenvalue weighted by Crippen LogP contribution is -2.79. The highest BCUT2D eigenvalue weighted by atomic mass is 35.5. The summed E-state index contributed by atoms with van der Waals surface area (Å²) in [6, 6.07) is 0. The Morgan fingerprint density at radius 1 is 1.04 bits per heavy atom. The van der Waals surface area contributed by atoms with Gasteiger partial charge in [0.15, 0.2) is 5.60 Å². The Morgan fingerprint density at radius 2 is 1.86 bits per heavy atom. The molecule has 1 saturated heterocycles. The fraction of sp³-hybridized carbons (Fsp3) is 0.905. The number of fused-ring (bicyclic) bond motifs is 1. The van der Waals surface area contributed by atoms with E-state index >= 15 is 0 Å². The molecule has 0 aromatic rings. The molecule has 1 heterocycles. The molecule has 0 radical (unpaired) electrons. The van der Waals surface area contributed by atoms with E-state index in [1.54, 1.807) is 18.3 Å². The lowest BCUT2D eigenvalue weighted by molar-refractivity contribution is -0.640. The number of hydrogen-bond acceptors (Lipinski definition) is 5. The first kappa shape index (κ1) is 19.8. The zero-order valence-corrected chi connectivity index (χ0v) is 17.5. The highest BCUT2D eigenvalue weighted by Gasteiger charge is 2.76. The van der Waals surface area contributed by atoms with Crippen molar-refractivity contribution < 1.29 is 24.6 Å². The van der Waals surface area contributed by atoms with E-state index in [1.165, 1.54) is 32.1 Å². The van der Waals surface area contributed by atoms with Crippen LogP contribution >= 0.6 is 11.6 Å². The van der Waals surface area contributed by atoms with E-state index in [0.29, 0.717) is 18.3 Å². The Labute approximate surface area is 172 Å². The average molecular weight is 411 g/mol. The summed E-state index contributed by atoms with van der Waals surface area (Å²) in [6.45, 7) is 0. The van der Waals surface area contributed by atoms with Crippen LogP contribution in [0.25, 0.3) is 0 Å². The van der Waals surface area contributed by atoms with E-state index in [1.807, 2.05) is 0 Å². The molecule has 2 N–H and O–H groups in total. The molecule has 2 saturated carbocycles. The van der Waals surface area contributed by atoms with Crippen LogP contribution in [0.1, 0.15) is 70.6 Å². The molecule has 7 heteroatoms. The van der Waals surface area contributed by atoms with Crippen LogP contribution in [0, 0.1) is 17.8 Å². The van der Waals surface area contributed by atoms with Crippen LogP contribution in [0.3, 0.4) is 0 Å². The largest absolute Gasteiger partial charge is 0.456 e. The normalized spacial score (nSPS) is 48.2. The fourth-order valence-electron chi connectivity index (χ4n) is 7.35. The second-order valence-electron chi connectivity index (χ2n) is 9.66. The molecule has 156 valence electrons. The van der Waals surface area contributed by atoms with Gasteiger partial charge in [-0.15, -0.1) is 11.6 Å². The predicted molar refractivity (Wildman–Crippen MR) is 107 cm³/mol. The van der Waals surface area contributed by atoms with Gasteiger partial charge in [-0.25, -0.2) is 4.89 Å². The predicted octanol–water partition coefficient (Wildman–Crippen LogP) is 3.97. The fourth-order valence-corrected chi connectivity index (χ4v) is 7.71. The summed E-state index contributed by atoms with van der Waals surface area (Å²) in [5.74, 6) is -0.315. The van der Waals surface area contributed by atoms with Crippen molar-refractivity contribution in [2.75, 3.05) is 7.11 Å². The maximum absolute atomic E-state index is 9.86. The van der Waals surface area contributed by atoms with Crippen molar-refractivity contribution in [1.29, 1.82) is 0 Å². The molecule has 28 heavy (non-hydrogen) atoms. The molecule has 5 aliphatic rings. The molecule has 1 spiro atoms. The topological polar surface area (TPSA) is 68.2 Å². The van der Waals surface area contributed by atoms with Crippen LogP contribution in [0.15, 0.2) is 11.1 Å². The first-order valence-electron chi connectivity index (χ1n) is 11.2. The van der Waals surface area contributed by atoms with Gasteiger partial charge in [0.05, 0.1) is 0 Å². The van der Waals surface area contributed by atoms with Crippen LogP contribution in [0.4, 0.5) is 0 Å². The zero-order chi connectivity index (χ0) is 19.5. The van der Waals surface area contributed by atoms with Crippen LogP contribution < -0.4 is 0 Å². The van der Waals surface area contributed by atoms with Crippen molar-refractivity contribution in [3.8, 4) is 0 Å². The van der Waals surface area contributed by atoms with Gasteiger partial charge in [0.2, 0.25) is 5.79 Å². The molecule has 0 aromatic carbocycles. The van der Waals surface area contributed by atoms with E-state index in [9.17, 15) is 10.0 Å². The minimum Gasteiger partial charge on any atom is -0.427 e. The maximum Gasteiger partial charge on any atom is 0.456 e. The van der Waals surface area contributed by atoms with Gasteiger partial charge in [0, 0.05) is 36.1 Å². The van der Waals surface area contributed by atoms with Crippen molar-refractivity contribution in [3.05, 3.63) is 11.1 Å². The van der Waals surface area contributed by atoms with Crippen LogP contribution in [0.2, 0.25) is 5.82 Å². The molecule has 0 amide bonds. The number of hydrogen-bond donors (Lipinski definition) is 2. The standard InChI is InChI=1S/C21H32BClO5/c1-26-21(15-9-10-19(23)18(12-15)22(24)25)20(27-28-21)14-6-4-8-17(20)16-7-3-2-5-13(16)11-14/h14-15,17-19,24-25H,2-12H2,1H3. The third kappa shape index (κ3) is 2.58. The van der Waals surface area contributed by atoms with E-state index in [-0.39, 0.29) is 17.1 Å². The molecule has 0 aromatic heterocycles. The monoisotopic (exact) mass is 410 g/mol. The third-order valence-electron chi connectivity index (χ3n) is 8.60. The van der Waals surface area contributed by atoms with Crippen molar-refractivity contribution in [3.63, 3.8) is 0 Å². The Morgan fingerprint density at radius 3 is 2.57 bits per heavy atom. The zero-order valence-electron chi connectivity index (χ0n) is 16.7. The Balaban J connectivity index is 1.52. The van der Waals surface area contributed by atoms with Crippen molar-refractivity contribution in [2.24, 2.45) is 17.8 Å². The number of halogens is 1. The third-order valence-corrected chi connectivity index (χ3v) is 9.14. The van der Waals surface area contributed by atoms with E-state index in [4.69, 9.17) is 26.1 Å². The van der Waals surface area contributed by atoms with E-state index < -0.39 is 18.5 Å². The quantitative estimate of drug-likeness (QED) is 0.319. The van der Waals surface area contributed by atoms with E-state index in [2.05, 4.69) is 0 Å². The van der Waals surface area contributed by atoms with Gasteiger partial charge in [0.1, 0.15) is 0 Å². The average Bonchev–Trinajstić information content (AvgIpc) is 2.68. The van der Waals surface area contributed by atoms with Gasteiger partial charge in [-0.05, 0) is 64.2 Å². The highest BCUT2D eigenvalue weighted by molar-refractivity contribution is 6.45. The molecule has 5 nitrogen and oxygen atoms in total. The first-order valence-corrected chi connectivity index (χ1v) is 11.6. The lowest BCUT2D eigenvalue weighted by Gasteiger charge is -2.67. The summed E-state index contributed by atoms with van der Waals surface area (Å²) < 4.78 is 6.21. The van der Waals surface area contributed by atoms with Gasteiger partial charge < -0.3 is 14.8 Å². The molecule has 5 rings (SSSR count). The molecule has 7 unspecified atom stereocenters. The molecule has 7 atom stereocenters. The number of alkyl halides is 1. The van der Waals surface area contributed by atoms with Crippen LogP contribution in [-0.2, 0) is 14.5 Å². The van der Waals surface area contributed by atoms with Crippen LogP contribution in [0.5, 0.6) is 0 Å². The SMILES string of the molecule is COC1(C2CCC(Cl)C(B(O)O)C2)OOC12C1CCCC2C2=C(CCCC2)C1. The minimum absolute atomic E-state index is 0.0573. The van der Waals surface area contributed by atoms with Gasteiger partial charge in [0.25, 0.3) is 0 Å². The summed E-state index contributed by atoms with van der Waals surface area (Å²) in [6.07, 6.45) is 11.8. The van der Waals surface area contributed by atoms with Crippen LogP contribution in [-0.4, -0.2) is 41.0 Å². The summed E-state index contributed by atoms with van der Waals surface area (Å²) in [4.78, 5) is 12.1. The molecular formula is C21H32BClO5. The summed E-state index contributed by atoms with van der Waals surface area (Å²) in [5.41, 5.74) is 2.88. The molecule has 3 fully saturated rings. The molecule has 4 aliphatic carbocycles. The molecular weight excluding hydrogens is 378 g/mol. The van der Waals surface area contributed by atoms with Crippen molar-refractivity contribution in [1.82, 2.24) is 0 Å². The number of ether oxygens (including phenoxy) is 1. The summed E-state index contributed by atoms with van der Waals surface area (Å²) in [5, 5.41) is 19.5. The Bertz CT molecular complexity index is 653. The number of rotatable bonds is 3. The molecule has 2 bridgehead atoms. The van der Waals surface area contributed by atoms with Gasteiger partial charge in [-0.1, -0.05) is 17.6 Å². The van der Waals surface area contributed by atoms with Crippen molar-refractivity contribution >= 4 is 18.7 Å². The van der Waals surface area contributed by atoms with Gasteiger partial charge >= 0.3 is 7.12 Å². The van der Waals surface area contributed by atoms with Gasteiger partial charge in [-0.3, -0.25) is 0 Å². The minimum atomic E-state index is -1.41. The number of allylic oxidation sites excluding steroid dienone is 1. The first-order chi connectivity index (χ1) is 13.5. The highest BCUT2D eigenvalue weighted by Crippen LogP contribution is 2.67. The Kier molecular flexibility index (Phi) is 5.13. The second kappa shape index (κ2) is 7.24. The maximum atomic E-state index is 9.86. The van der Waals surface area contributed by atoms with E-state index in [0.717, 1.165) is 32.1 Å². The van der Waals surface area contributed by atoms with Crippen molar-refractivity contribution in [2.45, 2.75) is 93.2 Å². The number of methoxy groups -OCH3 is 1. The summed E-state index contributed by atoms with van der Waals surface area (Å²) >= 11 is 6.42.